The Morgan fingerprint density at radius 1 is 1.42 bits per heavy atom. The van der Waals surface area contributed by atoms with E-state index in [-0.39, 0.29) is 5.92 Å². The molecule has 0 aromatic heterocycles. The summed E-state index contributed by atoms with van der Waals surface area (Å²) in [5.41, 5.74) is 0.648. The van der Waals surface area contributed by atoms with E-state index in [2.05, 4.69) is 26.6 Å². The molecule has 0 aromatic carbocycles. The summed E-state index contributed by atoms with van der Waals surface area (Å²) in [5, 5.41) is 0. The van der Waals surface area contributed by atoms with Crippen molar-refractivity contribution in [3.8, 4) is 0 Å². The van der Waals surface area contributed by atoms with E-state index in [9.17, 15) is 4.79 Å². The fraction of sp³-hybridized carbons (Fsp3) is 0.700. The number of rotatable bonds is 1. The molecule has 1 aliphatic rings. The average Bonchev–Trinajstić information content (AvgIpc) is 1.92. The maximum atomic E-state index is 11.4. The van der Waals surface area contributed by atoms with E-state index in [4.69, 9.17) is 0 Å². The highest BCUT2D eigenvalue weighted by Crippen LogP contribution is 2.36. The second kappa shape index (κ2) is 3.17. The SMILES string of the molecule is C[C@@H]1C(=O)C=CC[C@H]1[Si](C)(C)C. The summed E-state index contributed by atoms with van der Waals surface area (Å²) in [4.78, 5) is 11.4. The minimum Gasteiger partial charge on any atom is -0.295 e. The number of ketones is 1. The maximum absolute atomic E-state index is 11.4. The minimum atomic E-state index is -1.13. The molecule has 1 nitrogen and oxygen atoms in total. The van der Waals surface area contributed by atoms with Crippen LogP contribution >= 0.6 is 0 Å². The normalized spacial score (nSPS) is 30.8. The van der Waals surface area contributed by atoms with Gasteiger partial charge in [0.05, 0.1) is 0 Å². The van der Waals surface area contributed by atoms with Gasteiger partial charge < -0.3 is 0 Å². The number of carbonyl (C=O) groups is 1. The first kappa shape index (κ1) is 9.71. The van der Waals surface area contributed by atoms with Crippen molar-refractivity contribution in [1.82, 2.24) is 0 Å². The average molecular weight is 182 g/mol. The van der Waals surface area contributed by atoms with E-state index < -0.39 is 8.07 Å². The summed E-state index contributed by atoms with van der Waals surface area (Å²) < 4.78 is 0. The lowest BCUT2D eigenvalue weighted by Crippen LogP contribution is -2.36. The summed E-state index contributed by atoms with van der Waals surface area (Å²) >= 11 is 0. The zero-order valence-corrected chi connectivity index (χ0v) is 9.42. The molecular weight excluding hydrogens is 164 g/mol. The summed E-state index contributed by atoms with van der Waals surface area (Å²) in [6, 6.07) is 0. The largest absolute Gasteiger partial charge is 0.295 e. The zero-order chi connectivity index (χ0) is 9.35. The summed E-state index contributed by atoms with van der Waals surface area (Å²) in [6.07, 6.45) is 4.91. The first-order valence-electron chi connectivity index (χ1n) is 4.63. The van der Waals surface area contributed by atoms with Crippen LogP contribution in [-0.4, -0.2) is 13.9 Å². The van der Waals surface area contributed by atoms with Crippen LogP contribution in [0.4, 0.5) is 0 Å². The number of allylic oxidation sites excluding steroid dienone is 2. The second-order valence-electron chi connectivity index (χ2n) is 4.80. The lowest BCUT2D eigenvalue weighted by molar-refractivity contribution is -0.118. The summed E-state index contributed by atoms with van der Waals surface area (Å²) in [7, 11) is -1.13. The van der Waals surface area contributed by atoms with Gasteiger partial charge in [0.2, 0.25) is 0 Å². The third-order valence-corrected chi connectivity index (χ3v) is 5.80. The highest BCUT2D eigenvalue weighted by Gasteiger charge is 2.34. The molecule has 2 heteroatoms. The van der Waals surface area contributed by atoms with Gasteiger partial charge in [-0.05, 0) is 18.0 Å². The fourth-order valence-electron chi connectivity index (χ4n) is 1.99. The minimum absolute atomic E-state index is 0.265. The molecule has 0 saturated heterocycles. The Kier molecular flexibility index (Phi) is 2.57. The molecule has 0 unspecified atom stereocenters. The van der Waals surface area contributed by atoms with Gasteiger partial charge in [-0.2, -0.15) is 0 Å². The maximum Gasteiger partial charge on any atom is 0.158 e. The van der Waals surface area contributed by atoms with Crippen LogP contribution in [0.3, 0.4) is 0 Å². The zero-order valence-electron chi connectivity index (χ0n) is 8.42. The molecule has 0 aromatic rings. The topological polar surface area (TPSA) is 17.1 Å². The Balaban J connectivity index is 2.81. The van der Waals surface area contributed by atoms with Gasteiger partial charge in [0.25, 0.3) is 0 Å². The Bertz CT molecular complexity index is 212. The summed E-state index contributed by atoms with van der Waals surface area (Å²) in [5.74, 6) is 0.593. The standard InChI is InChI=1S/C10H18OSi/c1-8-9(11)6-5-7-10(8)12(2,3)4/h5-6,8,10H,7H2,1-4H3/t8-,10-/m1/s1. The molecule has 0 radical (unpaired) electrons. The van der Waals surface area contributed by atoms with Gasteiger partial charge in [0.15, 0.2) is 5.78 Å². The van der Waals surface area contributed by atoms with Gasteiger partial charge in [-0.1, -0.05) is 32.6 Å². The third kappa shape index (κ3) is 1.86. The molecule has 0 saturated carbocycles. The van der Waals surface area contributed by atoms with E-state index >= 15 is 0 Å². The molecule has 0 aliphatic heterocycles. The van der Waals surface area contributed by atoms with Gasteiger partial charge in [-0.3, -0.25) is 4.79 Å². The van der Waals surface area contributed by atoms with E-state index in [1.807, 2.05) is 6.08 Å². The highest BCUT2D eigenvalue weighted by molar-refractivity contribution is 6.77. The highest BCUT2D eigenvalue weighted by atomic mass is 28.3. The van der Waals surface area contributed by atoms with Crippen molar-refractivity contribution in [2.45, 2.75) is 38.5 Å². The van der Waals surface area contributed by atoms with Gasteiger partial charge in [-0.25, -0.2) is 0 Å². The van der Waals surface area contributed by atoms with E-state index in [0.717, 1.165) is 6.42 Å². The van der Waals surface area contributed by atoms with Crippen LogP contribution < -0.4 is 0 Å². The lowest BCUT2D eigenvalue weighted by Gasteiger charge is -2.34. The fourth-order valence-corrected chi connectivity index (χ4v) is 4.50. The first-order valence-corrected chi connectivity index (χ1v) is 8.21. The van der Waals surface area contributed by atoms with Crippen LogP contribution in [0.5, 0.6) is 0 Å². The van der Waals surface area contributed by atoms with Crippen LogP contribution in [0.15, 0.2) is 12.2 Å². The van der Waals surface area contributed by atoms with Gasteiger partial charge in [0.1, 0.15) is 0 Å². The Hall–Kier alpha value is -0.373. The lowest BCUT2D eigenvalue weighted by atomic mass is 9.94. The Labute approximate surface area is 75.9 Å². The van der Waals surface area contributed by atoms with Crippen molar-refractivity contribution >= 4 is 13.9 Å². The van der Waals surface area contributed by atoms with Crippen LogP contribution in [0.2, 0.25) is 25.2 Å². The number of hydrogen-bond acceptors (Lipinski definition) is 1. The van der Waals surface area contributed by atoms with Crippen molar-refractivity contribution in [1.29, 1.82) is 0 Å². The van der Waals surface area contributed by atoms with Crippen LogP contribution in [-0.2, 0) is 4.79 Å². The molecule has 0 fully saturated rings. The number of carbonyl (C=O) groups excluding carboxylic acids is 1. The van der Waals surface area contributed by atoms with Crippen molar-refractivity contribution in [3.05, 3.63) is 12.2 Å². The predicted octanol–water partition coefficient (Wildman–Crippen LogP) is 2.86. The predicted molar refractivity (Wildman–Crippen MR) is 55.0 cm³/mol. The van der Waals surface area contributed by atoms with Crippen molar-refractivity contribution in [3.63, 3.8) is 0 Å². The molecule has 0 amide bonds. The monoisotopic (exact) mass is 182 g/mol. The van der Waals surface area contributed by atoms with E-state index in [0.29, 0.717) is 11.3 Å². The summed E-state index contributed by atoms with van der Waals surface area (Å²) in [6.45, 7) is 9.12. The van der Waals surface area contributed by atoms with Crippen molar-refractivity contribution in [2.24, 2.45) is 5.92 Å². The molecule has 0 bridgehead atoms. The van der Waals surface area contributed by atoms with Gasteiger partial charge in [-0.15, -0.1) is 0 Å². The van der Waals surface area contributed by atoms with Gasteiger partial charge in [0, 0.05) is 14.0 Å². The molecule has 0 N–H and O–H groups in total. The molecule has 1 aliphatic carbocycles. The molecule has 1 rings (SSSR count). The van der Waals surface area contributed by atoms with Crippen molar-refractivity contribution in [2.75, 3.05) is 0 Å². The molecule has 0 spiro atoms. The van der Waals surface area contributed by atoms with E-state index in [1.54, 1.807) is 6.08 Å². The van der Waals surface area contributed by atoms with E-state index in [1.165, 1.54) is 0 Å². The van der Waals surface area contributed by atoms with Crippen LogP contribution in [0.25, 0.3) is 0 Å². The molecule has 0 heterocycles. The number of hydrogen-bond donors (Lipinski definition) is 0. The van der Waals surface area contributed by atoms with Crippen LogP contribution in [0, 0.1) is 5.92 Å². The Morgan fingerprint density at radius 2 is 2.00 bits per heavy atom. The van der Waals surface area contributed by atoms with Crippen molar-refractivity contribution < 1.29 is 4.79 Å². The molecular formula is C10H18OSi. The second-order valence-corrected chi connectivity index (χ2v) is 10.3. The molecule has 68 valence electrons. The smallest absolute Gasteiger partial charge is 0.158 e. The third-order valence-electron chi connectivity index (χ3n) is 2.84. The first-order chi connectivity index (χ1) is 5.43. The molecule has 12 heavy (non-hydrogen) atoms. The van der Waals surface area contributed by atoms with Gasteiger partial charge >= 0.3 is 0 Å². The quantitative estimate of drug-likeness (QED) is 0.570. The molecule has 2 atom stereocenters. The Morgan fingerprint density at radius 3 is 2.42 bits per heavy atom. The van der Waals surface area contributed by atoms with Crippen LogP contribution in [0.1, 0.15) is 13.3 Å².